The van der Waals surface area contributed by atoms with Crippen molar-refractivity contribution in [2.24, 2.45) is 0 Å². The maximum Gasteiger partial charge on any atom is 0.109 e. The van der Waals surface area contributed by atoms with Crippen LogP contribution in [0.4, 0.5) is 0 Å². The average molecular weight is 583 g/mol. The number of benzene rings is 6. The van der Waals surface area contributed by atoms with Gasteiger partial charge < -0.3 is 0 Å². The van der Waals surface area contributed by atoms with E-state index in [1.807, 2.05) is 0 Å². The Morgan fingerprint density at radius 3 is 0.717 bits per heavy atom. The molecule has 2 aliphatic carbocycles. The summed E-state index contributed by atoms with van der Waals surface area (Å²) in [7, 11) is 0. The van der Waals surface area contributed by atoms with Gasteiger partial charge >= 0.3 is 0 Å². The van der Waals surface area contributed by atoms with Gasteiger partial charge in [-0.1, -0.05) is 194 Å². The molecule has 0 fully saturated rings. The summed E-state index contributed by atoms with van der Waals surface area (Å²) >= 11 is 0. The molecule has 0 aromatic heterocycles. The first-order valence-electron chi connectivity index (χ1n) is 15.7. The minimum absolute atomic E-state index is 0.542. The van der Waals surface area contributed by atoms with E-state index in [9.17, 15) is 0 Å². The molecule has 0 heterocycles. The Kier molecular flexibility index (Phi) is 6.84. The summed E-state index contributed by atoms with van der Waals surface area (Å²) in [6.45, 7) is 0. The highest BCUT2D eigenvalue weighted by Gasteiger charge is 2.56. The highest BCUT2D eigenvalue weighted by Crippen LogP contribution is 2.65. The van der Waals surface area contributed by atoms with Crippen molar-refractivity contribution in [2.75, 3.05) is 0 Å². The summed E-state index contributed by atoms with van der Waals surface area (Å²) in [6.07, 6.45) is 0. The lowest BCUT2D eigenvalue weighted by atomic mass is 9.84. The Hall–Kier alpha value is -6.08. The van der Waals surface area contributed by atoms with E-state index in [4.69, 9.17) is 0 Å². The maximum atomic E-state index is 3.73. The van der Waals surface area contributed by atoms with Gasteiger partial charge in [-0.05, 0) is 67.5 Å². The van der Waals surface area contributed by atoms with Crippen LogP contribution < -0.4 is 0 Å². The molecule has 0 saturated carbocycles. The highest BCUT2D eigenvalue weighted by molar-refractivity contribution is 6.23. The van der Waals surface area contributed by atoms with Crippen LogP contribution >= 0.6 is 0 Å². The SMILES string of the molecule is C(C#CC1(c2ccccc2)C(c2ccccc2)=C1c1ccccc1)#CC1(c2ccccc2)C(c2ccccc2)=C1c1ccccc1. The minimum Gasteiger partial charge on any atom is -0.0676 e. The summed E-state index contributed by atoms with van der Waals surface area (Å²) in [6, 6.07) is 63.9. The van der Waals surface area contributed by atoms with Gasteiger partial charge in [-0.2, -0.15) is 0 Å². The Balaban J connectivity index is 1.29. The highest BCUT2D eigenvalue weighted by atomic mass is 14.5. The normalized spacial score (nSPS) is 15.2. The smallest absolute Gasteiger partial charge is 0.0676 e. The Morgan fingerprint density at radius 1 is 0.261 bits per heavy atom. The van der Waals surface area contributed by atoms with E-state index in [1.165, 1.54) is 55.7 Å². The molecule has 0 unspecified atom stereocenters. The second-order valence-corrected chi connectivity index (χ2v) is 11.7. The molecular weight excluding hydrogens is 553 g/mol. The second-order valence-electron chi connectivity index (χ2n) is 11.7. The summed E-state index contributed by atoms with van der Waals surface area (Å²) in [4.78, 5) is 0. The fourth-order valence-electron chi connectivity index (χ4n) is 7.02. The first kappa shape index (κ1) is 27.5. The van der Waals surface area contributed by atoms with Gasteiger partial charge in [0.1, 0.15) is 10.8 Å². The van der Waals surface area contributed by atoms with Crippen molar-refractivity contribution >= 4 is 22.3 Å². The fourth-order valence-corrected chi connectivity index (χ4v) is 7.02. The predicted molar refractivity (Wildman–Crippen MR) is 191 cm³/mol. The Labute approximate surface area is 271 Å². The van der Waals surface area contributed by atoms with Crippen LogP contribution in [-0.2, 0) is 10.8 Å². The molecule has 46 heavy (non-hydrogen) atoms. The van der Waals surface area contributed by atoms with Gasteiger partial charge in [-0.3, -0.25) is 0 Å². The van der Waals surface area contributed by atoms with Crippen LogP contribution in [0.2, 0.25) is 0 Å². The molecule has 2 aliphatic rings. The van der Waals surface area contributed by atoms with Crippen LogP contribution in [0.25, 0.3) is 22.3 Å². The second kappa shape index (κ2) is 11.4. The molecule has 0 atom stereocenters. The van der Waals surface area contributed by atoms with Crippen LogP contribution in [0.3, 0.4) is 0 Å². The third kappa shape index (κ3) is 4.52. The molecule has 6 aromatic carbocycles. The third-order valence-electron chi connectivity index (χ3n) is 9.10. The summed E-state index contributed by atoms with van der Waals surface area (Å²) in [5.41, 5.74) is 11.0. The number of rotatable bonds is 6. The van der Waals surface area contributed by atoms with Crippen molar-refractivity contribution in [2.45, 2.75) is 10.8 Å². The largest absolute Gasteiger partial charge is 0.109 e. The Bertz CT molecular complexity index is 1940. The lowest BCUT2D eigenvalue weighted by Gasteiger charge is -2.15. The molecule has 0 amide bonds. The van der Waals surface area contributed by atoms with Gasteiger partial charge in [0.15, 0.2) is 0 Å². The van der Waals surface area contributed by atoms with Crippen LogP contribution in [-0.4, -0.2) is 0 Å². The van der Waals surface area contributed by atoms with E-state index in [0.717, 1.165) is 0 Å². The zero-order chi connectivity index (χ0) is 30.8. The molecule has 214 valence electrons. The molecule has 0 nitrogen and oxygen atoms in total. The summed E-state index contributed by atoms with van der Waals surface area (Å²) in [5.74, 6) is 14.3. The molecule has 0 saturated heterocycles. The van der Waals surface area contributed by atoms with E-state index >= 15 is 0 Å². The fraction of sp³-hybridized carbons (Fsp3) is 0.0435. The number of hydrogen-bond donors (Lipinski definition) is 0. The summed E-state index contributed by atoms with van der Waals surface area (Å²) < 4.78 is 0. The van der Waals surface area contributed by atoms with Gasteiger partial charge in [-0.15, -0.1) is 0 Å². The van der Waals surface area contributed by atoms with Gasteiger partial charge in [-0.25, -0.2) is 0 Å². The standard InChI is InChI=1S/C46H30/c1-7-21-35(22-8-1)41-42(36-23-9-2-10-24-36)45(41,39-29-15-5-16-30-39)33-19-20-34-46(40-31-17-6-18-32-40)43(37-25-11-3-12-26-37)44(46)38-27-13-4-14-28-38/h1-18,21-32H. The molecular formula is C46H30. The van der Waals surface area contributed by atoms with Gasteiger partial charge in [0, 0.05) is 0 Å². The van der Waals surface area contributed by atoms with Crippen LogP contribution in [0, 0.1) is 23.7 Å². The summed E-state index contributed by atoms with van der Waals surface area (Å²) in [5, 5.41) is 0. The van der Waals surface area contributed by atoms with E-state index in [2.05, 4.69) is 206 Å². The molecule has 0 heteroatoms. The zero-order valence-corrected chi connectivity index (χ0v) is 25.3. The van der Waals surface area contributed by atoms with E-state index < -0.39 is 10.8 Å². The molecule has 0 spiro atoms. The average Bonchev–Trinajstić information content (AvgIpc) is 4.03. The van der Waals surface area contributed by atoms with E-state index in [1.54, 1.807) is 0 Å². The molecule has 0 N–H and O–H groups in total. The van der Waals surface area contributed by atoms with Gasteiger partial charge in [0.05, 0.1) is 0 Å². The van der Waals surface area contributed by atoms with Crippen molar-refractivity contribution in [1.82, 2.24) is 0 Å². The molecule has 6 aromatic rings. The number of allylic oxidation sites excluding steroid dienone is 4. The topological polar surface area (TPSA) is 0 Å². The van der Waals surface area contributed by atoms with Crippen molar-refractivity contribution < 1.29 is 0 Å². The monoisotopic (exact) mass is 582 g/mol. The van der Waals surface area contributed by atoms with Crippen molar-refractivity contribution in [3.63, 3.8) is 0 Å². The van der Waals surface area contributed by atoms with Gasteiger partial charge in [0.25, 0.3) is 0 Å². The third-order valence-corrected chi connectivity index (χ3v) is 9.10. The zero-order valence-electron chi connectivity index (χ0n) is 25.3. The first-order chi connectivity index (χ1) is 22.8. The van der Waals surface area contributed by atoms with Crippen molar-refractivity contribution in [3.05, 3.63) is 215 Å². The van der Waals surface area contributed by atoms with Crippen LogP contribution in [0.15, 0.2) is 182 Å². The Morgan fingerprint density at radius 2 is 0.478 bits per heavy atom. The molecule has 0 bridgehead atoms. The molecule has 0 aliphatic heterocycles. The van der Waals surface area contributed by atoms with Crippen LogP contribution in [0.1, 0.15) is 33.4 Å². The van der Waals surface area contributed by atoms with E-state index in [-0.39, 0.29) is 0 Å². The van der Waals surface area contributed by atoms with Crippen molar-refractivity contribution in [1.29, 1.82) is 0 Å². The first-order valence-corrected chi connectivity index (χ1v) is 15.7. The quantitative estimate of drug-likeness (QED) is 0.171. The lowest BCUT2D eigenvalue weighted by Crippen LogP contribution is -2.11. The van der Waals surface area contributed by atoms with Crippen molar-refractivity contribution in [3.8, 4) is 23.7 Å². The van der Waals surface area contributed by atoms with E-state index in [0.29, 0.717) is 0 Å². The minimum atomic E-state index is -0.542. The predicted octanol–water partition coefficient (Wildman–Crippen LogP) is 10.1. The number of hydrogen-bond acceptors (Lipinski definition) is 0. The molecule has 8 rings (SSSR count). The van der Waals surface area contributed by atoms with Crippen LogP contribution in [0.5, 0.6) is 0 Å². The lowest BCUT2D eigenvalue weighted by molar-refractivity contribution is 1.05. The van der Waals surface area contributed by atoms with Gasteiger partial charge in [0.2, 0.25) is 0 Å². The molecule has 0 radical (unpaired) electrons. The maximum absolute atomic E-state index is 3.73.